The number of halogens is 3. The van der Waals surface area contributed by atoms with Crippen LogP contribution in [-0.4, -0.2) is 6.29 Å². The molecular weight excluding hydrogens is 351 g/mol. The van der Waals surface area contributed by atoms with E-state index in [2.05, 4.69) is 0 Å². The summed E-state index contributed by atoms with van der Waals surface area (Å²) in [7, 11) is 0. The van der Waals surface area contributed by atoms with Crippen LogP contribution in [0.3, 0.4) is 0 Å². The minimum absolute atomic E-state index is 0.173. The molecule has 0 saturated carbocycles. The highest BCUT2D eigenvalue weighted by atomic mass is 19.4. The van der Waals surface area contributed by atoms with E-state index >= 15 is 0 Å². The van der Waals surface area contributed by atoms with Crippen molar-refractivity contribution < 1.29 is 18.0 Å². The van der Waals surface area contributed by atoms with E-state index in [1.807, 2.05) is 11.0 Å². The first-order valence-electron chi connectivity index (χ1n) is 8.54. The van der Waals surface area contributed by atoms with Crippen molar-refractivity contribution in [2.24, 2.45) is 0 Å². The molecule has 0 radical (unpaired) electrons. The maximum Gasteiger partial charge on any atom is 0.417 e. The topological polar surface area (TPSA) is 20.3 Å². The Hall–Kier alpha value is -3.08. The average Bonchev–Trinajstić information content (AvgIpc) is 3.10. The third kappa shape index (κ3) is 3.33. The highest BCUT2D eigenvalue weighted by Gasteiger charge is 2.34. The molecule has 0 N–H and O–H groups in total. The molecule has 0 spiro atoms. The van der Waals surface area contributed by atoms with Gasteiger partial charge in [-0.1, -0.05) is 48.5 Å². The molecule has 0 amide bonds. The zero-order chi connectivity index (χ0) is 19.0. The molecule has 3 aromatic carbocycles. The summed E-state index contributed by atoms with van der Waals surface area (Å²) in [6.07, 6.45) is -3.67. The van der Waals surface area contributed by atoms with Gasteiger partial charge in [0.05, 0.1) is 5.56 Å². The van der Waals surface area contributed by atoms with Crippen LogP contribution in [0.25, 0.3) is 11.1 Å². The number of carbonyl (C=O) groups excluding carboxylic acids is 1. The van der Waals surface area contributed by atoms with Gasteiger partial charge in [-0.2, -0.15) is 13.2 Å². The fourth-order valence-corrected chi connectivity index (χ4v) is 3.50. The number of rotatable bonds is 3. The normalized spacial score (nSPS) is 13.5. The Kier molecular flexibility index (Phi) is 4.22. The summed E-state index contributed by atoms with van der Waals surface area (Å²) in [6, 6.07) is 18.5. The van der Waals surface area contributed by atoms with Crippen LogP contribution in [0.1, 0.15) is 27.0 Å². The second kappa shape index (κ2) is 6.58. The van der Waals surface area contributed by atoms with Crippen LogP contribution in [-0.2, 0) is 19.3 Å². The van der Waals surface area contributed by atoms with Crippen molar-refractivity contribution in [1.82, 2.24) is 0 Å². The van der Waals surface area contributed by atoms with Crippen molar-refractivity contribution >= 4 is 12.0 Å². The first-order valence-corrected chi connectivity index (χ1v) is 8.54. The highest BCUT2D eigenvalue weighted by Crippen LogP contribution is 2.40. The summed E-state index contributed by atoms with van der Waals surface area (Å²) < 4.78 is 41.1. The molecule has 3 aromatic rings. The smallest absolute Gasteiger partial charge is 0.363 e. The molecule has 2 nitrogen and oxygen atoms in total. The van der Waals surface area contributed by atoms with Gasteiger partial charge in [0.1, 0.15) is 6.29 Å². The number of hydrogen-bond donors (Lipinski definition) is 0. The predicted molar refractivity (Wildman–Crippen MR) is 98.6 cm³/mol. The van der Waals surface area contributed by atoms with Gasteiger partial charge in [0.25, 0.3) is 0 Å². The van der Waals surface area contributed by atoms with Crippen molar-refractivity contribution in [3.63, 3.8) is 0 Å². The molecule has 136 valence electrons. The molecule has 1 aliphatic heterocycles. The van der Waals surface area contributed by atoms with Crippen molar-refractivity contribution in [3.8, 4) is 11.1 Å². The quantitative estimate of drug-likeness (QED) is 0.553. The number of fused-ring (bicyclic) bond motifs is 1. The van der Waals surface area contributed by atoms with Crippen LogP contribution < -0.4 is 4.90 Å². The lowest BCUT2D eigenvalue weighted by Gasteiger charge is -2.21. The Morgan fingerprint density at radius 1 is 0.852 bits per heavy atom. The van der Waals surface area contributed by atoms with Crippen molar-refractivity contribution in [2.75, 3.05) is 4.90 Å². The van der Waals surface area contributed by atoms with Gasteiger partial charge in [0, 0.05) is 24.3 Å². The van der Waals surface area contributed by atoms with Gasteiger partial charge in [-0.15, -0.1) is 0 Å². The number of anilines is 1. The molecule has 0 fully saturated rings. The molecule has 5 heteroatoms. The number of benzene rings is 3. The Morgan fingerprint density at radius 2 is 1.59 bits per heavy atom. The third-order valence-electron chi connectivity index (χ3n) is 4.85. The van der Waals surface area contributed by atoms with Crippen molar-refractivity contribution in [2.45, 2.75) is 19.3 Å². The van der Waals surface area contributed by atoms with Crippen molar-refractivity contribution in [3.05, 3.63) is 89.0 Å². The molecule has 4 rings (SSSR count). The van der Waals surface area contributed by atoms with Gasteiger partial charge < -0.3 is 4.90 Å². The third-order valence-corrected chi connectivity index (χ3v) is 4.85. The Balaban J connectivity index is 1.72. The van der Waals surface area contributed by atoms with E-state index in [0.29, 0.717) is 29.9 Å². The fraction of sp³-hybridized carbons (Fsp3) is 0.136. The van der Waals surface area contributed by atoms with E-state index in [0.717, 1.165) is 17.4 Å². The van der Waals surface area contributed by atoms with Crippen molar-refractivity contribution in [1.29, 1.82) is 0 Å². The Morgan fingerprint density at radius 3 is 2.30 bits per heavy atom. The molecule has 0 aliphatic carbocycles. The molecule has 0 saturated heterocycles. The minimum Gasteiger partial charge on any atom is -0.363 e. The van der Waals surface area contributed by atoms with E-state index in [1.165, 1.54) is 12.1 Å². The summed E-state index contributed by atoms with van der Waals surface area (Å²) in [6.45, 7) is 1.01. The monoisotopic (exact) mass is 367 g/mol. The van der Waals surface area contributed by atoms with Crippen LogP contribution in [0.4, 0.5) is 18.9 Å². The molecule has 0 atom stereocenters. The summed E-state index contributed by atoms with van der Waals surface area (Å²) >= 11 is 0. The average molecular weight is 367 g/mol. The molecule has 1 heterocycles. The van der Waals surface area contributed by atoms with E-state index in [9.17, 15) is 18.0 Å². The van der Waals surface area contributed by atoms with E-state index in [-0.39, 0.29) is 5.56 Å². The molecule has 0 unspecified atom stereocenters. The fourth-order valence-electron chi connectivity index (χ4n) is 3.50. The number of aldehydes is 1. The van der Waals surface area contributed by atoms with Crippen LogP contribution >= 0.6 is 0 Å². The van der Waals surface area contributed by atoms with Gasteiger partial charge in [-0.05, 0) is 40.5 Å². The maximum atomic E-state index is 13.7. The summed E-state index contributed by atoms with van der Waals surface area (Å²) in [4.78, 5) is 12.8. The zero-order valence-electron chi connectivity index (χ0n) is 14.3. The predicted octanol–water partition coefficient (Wildman–Crippen LogP) is 5.71. The Bertz CT molecular complexity index is 996. The molecule has 0 bridgehead atoms. The second-order valence-electron chi connectivity index (χ2n) is 6.60. The minimum atomic E-state index is -4.45. The van der Waals surface area contributed by atoms with E-state index < -0.39 is 11.7 Å². The van der Waals surface area contributed by atoms with Gasteiger partial charge >= 0.3 is 6.18 Å². The van der Waals surface area contributed by atoms with Gasteiger partial charge in [0.15, 0.2) is 0 Å². The number of hydrogen-bond acceptors (Lipinski definition) is 2. The van der Waals surface area contributed by atoms with Gasteiger partial charge in [-0.25, -0.2) is 0 Å². The van der Waals surface area contributed by atoms with Crippen LogP contribution in [0, 0.1) is 0 Å². The van der Waals surface area contributed by atoms with Crippen LogP contribution in [0.5, 0.6) is 0 Å². The van der Waals surface area contributed by atoms with E-state index in [1.54, 1.807) is 48.5 Å². The Labute approximate surface area is 154 Å². The van der Waals surface area contributed by atoms with E-state index in [4.69, 9.17) is 0 Å². The first kappa shape index (κ1) is 17.3. The van der Waals surface area contributed by atoms with Crippen LogP contribution in [0.15, 0.2) is 66.7 Å². The summed E-state index contributed by atoms with van der Waals surface area (Å²) in [5.74, 6) is 0. The standard InChI is InChI=1S/C22H16F3NO/c23-22(24,25)21-11-19(8-9-20(21)16-4-2-1-3-5-16)26-12-17-7-6-15(14-27)10-18(17)13-26/h1-11,14H,12-13H2. The SMILES string of the molecule is O=Cc1ccc2c(c1)CN(c1ccc(-c3ccccc3)c(C(F)(F)F)c1)C2. The first-order chi connectivity index (χ1) is 13.0. The highest BCUT2D eigenvalue weighted by molar-refractivity contribution is 5.76. The van der Waals surface area contributed by atoms with Gasteiger partial charge in [0.2, 0.25) is 0 Å². The molecular formula is C22H16F3NO. The zero-order valence-corrected chi connectivity index (χ0v) is 14.3. The summed E-state index contributed by atoms with van der Waals surface area (Å²) in [5.41, 5.74) is 3.16. The lowest BCUT2D eigenvalue weighted by molar-refractivity contribution is -0.137. The maximum absolute atomic E-state index is 13.7. The second-order valence-corrected chi connectivity index (χ2v) is 6.60. The van der Waals surface area contributed by atoms with Gasteiger partial charge in [-0.3, -0.25) is 4.79 Å². The largest absolute Gasteiger partial charge is 0.417 e. The lowest BCUT2D eigenvalue weighted by Crippen LogP contribution is -2.16. The number of nitrogens with zero attached hydrogens (tertiary/aromatic N) is 1. The number of carbonyl (C=O) groups is 1. The summed E-state index contributed by atoms with van der Waals surface area (Å²) in [5, 5.41) is 0. The molecule has 27 heavy (non-hydrogen) atoms. The molecule has 1 aliphatic rings. The molecule has 0 aromatic heterocycles. The lowest BCUT2D eigenvalue weighted by atomic mass is 9.98. The van der Waals surface area contributed by atoms with Crippen LogP contribution in [0.2, 0.25) is 0 Å². The number of alkyl halides is 3.